The number of aromatic nitrogens is 1. The second-order valence-electron chi connectivity index (χ2n) is 3.49. The third-order valence-corrected chi connectivity index (χ3v) is 3.20. The molecule has 2 heterocycles. The fraction of sp³-hybridized carbons (Fsp3) is 0. The Labute approximate surface area is 100 Å². The number of nitrogens with zero attached hydrogens (tertiary/aromatic N) is 1. The summed E-state index contributed by atoms with van der Waals surface area (Å²) < 4.78 is 5.60. The minimum atomic E-state index is -1.02. The van der Waals surface area contributed by atoms with Crippen LogP contribution in [-0.4, -0.2) is 16.1 Å². The van der Waals surface area contributed by atoms with E-state index >= 15 is 0 Å². The largest absolute Gasteiger partial charge is 0.476 e. The summed E-state index contributed by atoms with van der Waals surface area (Å²) in [6.45, 7) is 0. The third kappa shape index (κ3) is 1.70. The van der Waals surface area contributed by atoms with Crippen molar-refractivity contribution in [1.29, 1.82) is 0 Å². The molecule has 0 spiro atoms. The van der Waals surface area contributed by atoms with Gasteiger partial charge in [0.2, 0.25) is 5.01 Å². The van der Waals surface area contributed by atoms with Crippen LogP contribution in [0.1, 0.15) is 9.80 Å². The molecule has 4 nitrogen and oxygen atoms in total. The predicted octanol–water partition coefficient (Wildman–Crippen LogP) is 3.25. The number of thiazole rings is 1. The Morgan fingerprint density at radius 2 is 2.18 bits per heavy atom. The molecule has 0 amide bonds. The molecule has 3 rings (SSSR count). The zero-order valence-corrected chi connectivity index (χ0v) is 9.40. The SMILES string of the molecule is O=C(O)c1nc(-c2cc3ccccc3o2)cs1. The Morgan fingerprint density at radius 3 is 2.88 bits per heavy atom. The van der Waals surface area contributed by atoms with Crippen LogP contribution in [0, 0.1) is 0 Å². The number of carboxylic acids is 1. The smallest absolute Gasteiger partial charge is 0.365 e. The van der Waals surface area contributed by atoms with E-state index in [1.54, 1.807) is 5.38 Å². The van der Waals surface area contributed by atoms with Crippen molar-refractivity contribution in [3.63, 3.8) is 0 Å². The van der Waals surface area contributed by atoms with Crippen LogP contribution in [0.4, 0.5) is 0 Å². The van der Waals surface area contributed by atoms with Crippen molar-refractivity contribution >= 4 is 28.3 Å². The first kappa shape index (κ1) is 10.0. The maximum Gasteiger partial charge on any atom is 0.365 e. The van der Waals surface area contributed by atoms with Gasteiger partial charge in [0.1, 0.15) is 11.3 Å². The van der Waals surface area contributed by atoms with Crippen LogP contribution in [0.2, 0.25) is 0 Å². The first-order valence-electron chi connectivity index (χ1n) is 4.92. The van der Waals surface area contributed by atoms with E-state index in [0.29, 0.717) is 11.5 Å². The summed E-state index contributed by atoms with van der Waals surface area (Å²) in [4.78, 5) is 14.7. The van der Waals surface area contributed by atoms with Gasteiger partial charge in [0.05, 0.1) is 0 Å². The fourth-order valence-electron chi connectivity index (χ4n) is 1.59. The van der Waals surface area contributed by atoms with Gasteiger partial charge in [-0.1, -0.05) is 18.2 Å². The molecule has 0 bridgehead atoms. The molecular weight excluding hydrogens is 238 g/mol. The Morgan fingerprint density at radius 1 is 1.35 bits per heavy atom. The van der Waals surface area contributed by atoms with Gasteiger partial charge in [0.25, 0.3) is 0 Å². The van der Waals surface area contributed by atoms with E-state index < -0.39 is 5.97 Å². The van der Waals surface area contributed by atoms with Crippen molar-refractivity contribution in [3.05, 3.63) is 40.7 Å². The van der Waals surface area contributed by atoms with Crippen molar-refractivity contribution in [1.82, 2.24) is 4.98 Å². The van der Waals surface area contributed by atoms with Crippen LogP contribution in [0.15, 0.2) is 40.1 Å². The van der Waals surface area contributed by atoms with Gasteiger partial charge in [-0.15, -0.1) is 11.3 Å². The molecule has 0 unspecified atom stereocenters. The molecule has 1 N–H and O–H groups in total. The molecule has 17 heavy (non-hydrogen) atoms. The third-order valence-electron chi connectivity index (χ3n) is 2.37. The molecule has 3 aromatic rings. The zero-order valence-electron chi connectivity index (χ0n) is 8.58. The number of benzene rings is 1. The number of carboxylic acid groups (broad SMARTS) is 1. The Kier molecular flexibility index (Phi) is 2.19. The second kappa shape index (κ2) is 3.71. The molecular formula is C12H7NO3S. The second-order valence-corrected chi connectivity index (χ2v) is 4.35. The van der Waals surface area contributed by atoms with E-state index in [1.165, 1.54) is 0 Å². The van der Waals surface area contributed by atoms with Crippen molar-refractivity contribution < 1.29 is 14.3 Å². The highest BCUT2D eigenvalue weighted by Gasteiger charge is 2.13. The van der Waals surface area contributed by atoms with E-state index in [2.05, 4.69) is 4.98 Å². The Hall–Kier alpha value is -2.14. The van der Waals surface area contributed by atoms with Gasteiger partial charge in [-0.2, -0.15) is 0 Å². The topological polar surface area (TPSA) is 63.3 Å². The molecule has 0 aliphatic rings. The van der Waals surface area contributed by atoms with Gasteiger partial charge < -0.3 is 9.52 Å². The maximum atomic E-state index is 10.7. The lowest BCUT2D eigenvalue weighted by Crippen LogP contribution is -1.93. The number of hydrogen-bond acceptors (Lipinski definition) is 4. The van der Waals surface area contributed by atoms with Crippen LogP contribution in [0.25, 0.3) is 22.4 Å². The maximum absolute atomic E-state index is 10.7. The highest BCUT2D eigenvalue weighted by Crippen LogP contribution is 2.28. The lowest BCUT2D eigenvalue weighted by atomic mass is 10.2. The standard InChI is InChI=1S/C12H7NO3S/c14-12(15)11-13-8(6-17-11)10-5-7-3-1-2-4-9(7)16-10/h1-6H,(H,14,15). The molecule has 0 atom stereocenters. The van der Waals surface area contributed by atoms with Crippen molar-refractivity contribution in [3.8, 4) is 11.5 Å². The van der Waals surface area contributed by atoms with Crippen LogP contribution in [0.5, 0.6) is 0 Å². The number of hydrogen-bond donors (Lipinski definition) is 1. The number of fused-ring (bicyclic) bond motifs is 1. The first-order valence-corrected chi connectivity index (χ1v) is 5.80. The summed E-state index contributed by atoms with van der Waals surface area (Å²) in [5, 5.41) is 11.5. The summed E-state index contributed by atoms with van der Waals surface area (Å²) in [6.07, 6.45) is 0. The normalized spacial score (nSPS) is 10.8. The lowest BCUT2D eigenvalue weighted by Gasteiger charge is -1.87. The number of rotatable bonds is 2. The highest BCUT2D eigenvalue weighted by molar-refractivity contribution is 7.11. The lowest BCUT2D eigenvalue weighted by molar-refractivity contribution is 0.0696. The Bertz CT molecular complexity index is 665. The number of para-hydroxylation sites is 1. The monoisotopic (exact) mass is 245 g/mol. The first-order chi connectivity index (χ1) is 8.24. The zero-order chi connectivity index (χ0) is 11.8. The number of aromatic carboxylic acids is 1. The molecule has 0 aliphatic carbocycles. The number of furan rings is 1. The number of carbonyl (C=O) groups is 1. The minimum absolute atomic E-state index is 0.0699. The molecule has 1 aromatic carbocycles. The molecule has 0 saturated carbocycles. The van der Waals surface area contributed by atoms with Crippen LogP contribution in [-0.2, 0) is 0 Å². The fourth-order valence-corrected chi connectivity index (χ4v) is 2.24. The van der Waals surface area contributed by atoms with E-state index in [4.69, 9.17) is 9.52 Å². The quantitative estimate of drug-likeness (QED) is 0.752. The van der Waals surface area contributed by atoms with Gasteiger partial charge >= 0.3 is 5.97 Å². The van der Waals surface area contributed by atoms with Crippen LogP contribution < -0.4 is 0 Å². The predicted molar refractivity (Wildman–Crippen MR) is 64.3 cm³/mol. The summed E-state index contributed by atoms with van der Waals surface area (Å²) in [7, 11) is 0. The van der Waals surface area contributed by atoms with Gasteiger partial charge in [-0.3, -0.25) is 0 Å². The molecule has 5 heteroatoms. The van der Waals surface area contributed by atoms with Gasteiger partial charge in [-0.25, -0.2) is 9.78 Å². The molecule has 0 fully saturated rings. The minimum Gasteiger partial charge on any atom is -0.476 e. The summed E-state index contributed by atoms with van der Waals surface area (Å²) >= 11 is 1.09. The Balaban J connectivity index is 2.10. The average Bonchev–Trinajstić information content (AvgIpc) is 2.95. The van der Waals surface area contributed by atoms with E-state index in [0.717, 1.165) is 22.3 Å². The van der Waals surface area contributed by atoms with Crippen molar-refractivity contribution in [2.24, 2.45) is 0 Å². The average molecular weight is 245 g/mol. The molecule has 0 saturated heterocycles. The highest BCUT2D eigenvalue weighted by atomic mass is 32.1. The van der Waals surface area contributed by atoms with E-state index in [-0.39, 0.29) is 5.01 Å². The van der Waals surface area contributed by atoms with Gasteiger partial charge in [0, 0.05) is 10.8 Å². The summed E-state index contributed by atoms with van der Waals surface area (Å²) in [5.74, 6) is -0.424. The van der Waals surface area contributed by atoms with Crippen LogP contribution >= 0.6 is 11.3 Å². The van der Waals surface area contributed by atoms with Gasteiger partial charge in [-0.05, 0) is 12.1 Å². The summed E-state index contributed by atoms with van der Waals surface area (Å²) in [5.41, 5.74) is 1.33. The summed E-state index contributed by atoms with van der Waals surface area (Å²) in [6, 6.07) is 9.47. The molecule has 0 aliphatic heterocycles. The van der Waals surface area contributed by atoms with Crippen LogP contribution in [0.3, 0.4) is 0 Å². The molecule has 84 valence electrons. The van der Waals surface area contributed by atoms with E-state index in [9.17, 15) is 4.79 Å². The van der Waals surface area contributed by atoms with Crippen molar-refractivity contribution in [2.75, 3.05) is 0 Å². The molecule has 0 radical (unpaired) electrons. The van der Waals surface area contributed by atoms with E-state index in [1.807, 2.05) is 30.3 Å². The van der Waals surface area contributed by atoms with Crippen molar-refractivity contribution in [2.45, 2.75) is 0 Å². The van der Waals surface area contributed by atoms with Gasteiger partial charge in [0.15, 0.2) is 5.76 Å². The molecule has 2 aromatic heterocycles.